The van der Waals surface area contributed by atoms with Crippen molar-refractivity contribution in [2.75, 3.05) is 17.7 Å². The number of para-hydroxylation sites is 1. The number of aryl methyl sites for hydroxylation is 2. The van der Waals surface area contributed by atoms with Crippen molar-refractivity contribution >= 4 is 28.2 Å². The van der Waals surface area contributed by atoms with Crippen LogP contribution in [0.15, 0.2) is 42.5 Å². The summed E-state index contributed by atoms with van der Waals surface area (Å²) >= 11 is 0. The molecule has 0 aliphatic carbocycles. The van der Waals surface area contributed by atoms with Gasteiger partial charge in [-0.25, -0.2) is 4.98 Å². The number of aromatic nitrogens is 1. The van der Waals surface area contributed by atoms with E-state index in [4.69, 9.17) is 4.74 Å². The van der Waals surface area contributed by atoms with Crippen molar-refractivity contribution in [2.24, 2.45) is 0 Å². The molecule has 0 radical (unpaired) electrons. The summed E-state index contributed by atoms with van der Waals surface area (Å²) in [4.78, 5) is 16.2. The second-order valence-electron chi connectivity index (χ2n) is 7.00. The lowest BCUT2D eigenvalue weighted by atomic mass is 9.97. The van der Waals surface area contributed by atoms with Gasteiger partial charge in [0.25, 0.3) is 0 Å². The third-order valence-corrected chi connectivity index (χ3v) is 5.05. The number of nitrogens with zero attached hydrogens (tertiary/aromatic N) is 1. The van der Waals surface area contributed by atoms with Crippen LogP contribution in [-0.4, -0.2) is 18.0 Å². The minimum Gasteiger partial charge on any atom is -0.494 e. The maximum absolute atomic E-state index is 11.6. The van der Waals surface area contributed by atoms with E-state index in [1.54, 1.807) is 7.11 Å². The number of nitrogens with one attached hydrogen (secondary N) is 2. The number of hydrogen-bond acceptors (Lipinski definition) is 4. The summed E-state index contributed by atoms with van der Waals surface area (Å²) < 4.78 is 5.47. The summed E-state index contributed by atoms with van der Waals surface area (Å²) in [5.41, 5.74) is 6.15. The van der Waals surface area contributed by atoms with Crippen LogP contribution in [0.4, 0.5) is 11.4 Å². The Balaban J connectivity index is 1.67. The molecule has 0 bridgehead atoms. The Labute approximate surface area is 158 Å². The van der Waals surface area contributed by atoms with E-state index in [0.717, 1.165) is 40.1 Å². The molecule has 1 aromatic heterocycles. The van der Waals surface area contributed by atoms with Crippen LogP contribution in [0.25, 0.3) is 10.9 Å². The Morgan fingerprint density at radius 1 is 1.19 bits per heavy atom. The summed E-state index contributed by atoms with van der Waals surface area (Å²) in [5.74, 6) is 0.866. The molecular formula is C22H23N3O2. The van der Waals surface area contributed by atoms with E-state index in [1.165, 1.54) is 11.1 Å². The van der Waals surface area contributed by atoms with E-state index in [1.807, 2.05) is 25.1 Å². The van der Waals surface area contributed by atoms with E-state index in [9.17, 15) is 4.79 Å². The normalized spacial score (nSPS) is 14.4. The van der Waals surface area contributed by atoms with Gasteiger partial charge in [-0.3, -0.25) is 4.79 Å². The van der Waals surface area contributed by atoms with Gasteiger partial charge in [0.05, 0.1) is 7.11 Å². The van der Waals surface area contributed by atoms with Gasteiger partial charge in [-0.1, -0.05) is 24.3 Å². The number of carbonyl (C=O) groups excluding carboxylic acids is 1. The van der Waals surface area contributed by atoms with Gasteiger partial charge in [0.2, 0.25) is 5.91 Å². The van der Waals surface area contributed by atoms with Crippen LogP contribution in [0.2, 0.25) is 0 Å². The Bertz CT molecular complexity index is 1030. The first-order chi connectivity index (χ1) is 13.0. The van der Waals surface area contributed by atoms with Gasteiger partial charge in [0.1, 0.15) is 11.3 Å². The lowest BCUT2D eigenvalue weighted by Crippen LogP contribution is -2.19. The van der Waals surface area contributed by atoms with Gasteiger partial charge in [0, 0.05) is 34.9 Å². The predicted molar refractivity (Wildman–Crippen MR) is 108 cm³/mol. The molecule has 3 aromatic rings. The van der Waals surface area contributed by atoms with Gasteiger partial charge in [-0.2, -0.15) is 0 Å². The fourth-order valence-corrected chi connectivity index (χ4v) is 3.62. The van der Waals surface area contributed by atoms with Crippen LogP contribution in [0, 0.1) is 6.92 Å². The van der Waals surface area contributed by atoms with Crippen LogP contribution in [0.5, 0.6) is 5.75 Å². The molecule has 0 saturated heterocycles. The molecule has 1 aliphatic heterocycles. The highest BCUT2D eigenvalue weighted by Crippen LogP contribution is 2.33. The molecule has 0 fully saturated rings. The maximum Gasteiger partial charge on any atom is 0.224 e. The zero-order valence-electron chi connectivity index (χ0n) is 15.8. The smallest absolute Gasteiger partial charge is 0.224 e. The first-order valence-electron chi connectivity index (χ1n) is 9.18. The molecule has 1 atom stereocenters. The van der Waals surface area contributed by atoms with Gasteiger partial charge in [-0.15, -0.1) is 0 Å². The summed E-state index contributed by atoms with van der Waals surface area (Å²) in [6, 6.07) is 14.4. The average Bonchev–Trinajstić information content (AvgIpc) is 2.67. The number of methoxy groups -OCH3 is 1. The average molecular weight is 361 g/mol. The standard InChI is InChI=1S/C22H23N3O2/c1-13-11-19(17-5-4-6-20(27-3)22(17)23-13)24-14(2)15-7-9-18-16(12-15)8-10-21(26)25-18/h4-7,9,11-12,14H,8,10H2,1-3H3,(H,23,24)(H,25,26). The number of anilines is 2. The van der Waals surface area contributed by atoms with Crippen molar-refractivity contribution in [1.29, 1.82) is 0 Å². The monoisotopic (exact) mass is 361 g/mol. The van der Waals surface area contributed by atoms with Gasteiger partial charge < -0.3 is 15.4 Å². The third-order valence-electron chi connectivity index (χ3n) is 5.05. The number of hydrogen-bond donors (Lipinski definition) is 2. The highest BCUT2D eigenvalue weighted by Gasteiger charge is 2.17. The zero-order chi connectivity index (χ0) is 19.0. The number of benzene rings is 2. The topological polar surface area (TPSA) is 63.2 Å². The summed E-state index contributed by atoms with van der Waals surface area (Å²) in [6.45, 7) is 4.13. The number of carbonyl (C=O) groups is 1. The highest BCUT2D eigenvalue weighted by molar-refractivity contribution is 5.95. The Morgan fingerprint density at radius 2 is 2.04 bits per heavy atom. The molecule has 5 heteroatoms. The SMILES string of the molecule is COc1cccc2c(NC(C)c3ccc4c(c3)CCC(=O)N4)cc(C)nc12. The Morgan fingerprint density at radius 3 is 2.85 bits per heavy atom. The second kappa shape index (κ2) is 6.91. The molecule has 27 heavy (non-hydrogen) atoms. The van der Waals surface area contributed by atoms with Crippen molar-refractivity contribution in [3.05, 3.63) is 59.3 Å². The fraction of sp³-hybridized carbons (Fsp3) is 0.273. The number of fused-ring (bicyclic) bond motifs is 2. The predicted octanol–water partition coefficient (Wildman–Crippen LogP) is 4.61. The highest BCUT2D eigenvalue weighted by atomic mass is 16.5. The molecule has 138 valence electrons. The van der Waals surface area contributed by atoms with Crippen LogP contribution >= 0.6 is 0 Å². The Kier molecular flexibility index (Phi) is 4.44. The molecule has 5 nitrogen and oxygen atoms in total. The number of rotatable bonds is 4. The minimum atomic E-state index is 0.0918. The molecular weight excluding hydrogens is 338 g/mol. The van der Waals surface area contributed by atoms with E-state index in [2.05, 4.69) is 46.8 Å². The number of pyridine rings is 1. The fourth-order valence-electron chi connectivity index (χ4n) is 3.62. The lowest BCUT2D eigenvalue weighted by molar-refractivity contribution is -0.116. The van der Waals surface area contributed by atoms with Crippen molar-refractivity contribution in [2.45, 2.75) is 32.7 Å². The quantitative estimate of drug-likeness (QED) is 0.712. The third kappa shape index (κ3) is 3.33. The van der Waals surface area contributed by atoms with E-state index in [-0.39, 0.29) is 11.9 Å². The summed E-state index contributed by atoms with van der Waals surface area (Å²) in [6.07, 6.45) is 1.34. The van der Waals surface area contributed by atoms with Crippen LogP contribution in [0.1, 0.15) is 36.2 Å². The van der Waals surface area contributed by atoms with Gasteiger partial charge in [-0.05, 0) is 49.6 Å². The van der Waals surface area contributed by atoms with Crippen LogP contribution in [0.3, 0.4) is 0 Å². The van der Waals surface area contributed by atoms with Crippen molar-refractivity contribution in [3.8, 4) is 5.75 Å². The molecule has 1 unspecified atom stereocenters. The van der Waals surface area contributed by atoms with Gasteiger partial charge in [0.15, 0.2) is 0 Å². The molecule has 2 heterocycles. The van der Waals surface area contributed by atoms with Crippen molar-refractivity contribution in [1.82, 2.24) is 4.98 Å². The van der Waals surface area contributed by atoms with E-state index >= 15 is 0 Å². The second-order valence-corrected chi connectivity index (χ2v) is 7.00. The zero-order valence-corrected chi connectivity index (χ0v) is 15.8. The molecule has 2 aromatic carbocycles. The summed E-state index contributed by atoms with van der Waals surface area (Å²) in [5, 5.41) is 7.60. The van der Waals surface area contributed by atoms with E-state index in [0.29, 0.717) is 6.42 Å². The lowest BCUT2D eigenvalue weighted by Gasteiger charge is -2.22. The first kappa shape index (κ1) is 17.3. The van der Waals surface area contributed by atoms with Crippen LogP contribution < -0.4 is 15.4 Å². The molecule has 4 rings (SSSR count). The van der Waals surface area contributed by atoms with E-state index < -0.39 is 0 Å². The minimum absolute atomic E-state index is 0.0918. The number of ether oxygens (including phenoxy) is 1. The largest absolute Gasteiger partial charge is 0.494 e. The van der Waals surface area contributed by atoms with Crippen molar-refractivity contribution < 1.29 is 9.53 Å². The maximum atomic E-state index is 11.6. The summed E-state index contributed by atoms with van der Waals surface area (Å²) in [7, 11) is 1.67. The Hall–Kier alpha value is -3.08. The molecule has 2 N–H and O–H groups in total. The van der Waals surface area contributed by atoms with Gasteiger partial charge >= 0.3 is 0 Å². The molecule has 1 aliphatic rings. The first-order valence-corrected chi connectivity index (χ1v) is 9.18. The molecule has 0 saturated carbocycles. The van der Waals surface area contributed by atoms with Crippen molar-refractivity contribution in [3.63, 3.8) is 0 Å². The molecule has 1 amide bonds. The number of amides is 1. The molecule has 0 spiro atoms. The van der Waals surface area contributed by atoms with Crippen LogP contribution in [-0.2, 0) is 11.2 Å².